The van der Waals surface area contributed by atoms with Crippen molar-refractivity contribution in [2.24, 2.45) is 0 Å². The highest BCUT2D eigenvalue weighted by atomic mass is 16.6. The second kappa shape index (κ2) is 28.8. The molecule has 67 heavy (non-hydrogen) atoms. The van der Waals surface area contributed by atoms with Crippen LogP contribution in [0, 0.1) is 0 Å². The second-order valence-corrected chi connectivity index (χ2v) is 19.0. The molecule has 2 amide bonds. The quantitative estimate of drug-likeness (QED) is 0.0446. The number of carbonyl (C=O) groups is 3. The third kappa shape index (κ3) is 21.6. The maximum Gasteiger partial charge on any atom is 0.407 e. The van der Waals surface area contributed by atoms with E-state index in [4.69, 9.17) is 32.8 Å². The smallest absolute Gasteiger partial charge is 0.407 e. The average Bonchev–Trinajstić information content (AvgIpc) is 3.94. The van der Waals surface area contributed by atoms with Crippen molar-refractivity contribution < 1.29 is 57.1 Å². The Balaban J connectivity index is 1.03. The number of oxazole rings is 1. The van der Waals surface area contributed by atoms with Gasteiger partial charge < -0.3 is 53.3 Å². The molecular weight excluding hydrogens is 865 g/mol. The van der Waals surface area contributed by atoms with Gasteiger partial charge in [0.15, 0.2) is 6.29 Å². The number of aryl methyl sites for hydroxylation is 3. The third-order valence-corrected chi connectivity index (χ3v) is 12.1. The second-order valence-electron chi connectivity index (χ2n) is 19.0. The number of methoxy groups -OCH3 is 2. The molecular formula is C49H78N6O12. The van der Waals surface area contributed by atoms with E-state index >= 15 is 0 Å². The molecule has 3 N–H and O–H groups in total. The summed E-state index contributed by atoms with van der Waals surface area (Å²) in [5.41, 5.74) is 1.21. The molecule has 0 radical (unpaired) electrons. The molecule has 0 saturated carbocycles. The standard InChI is InChI=1S/C49H78N6O12/c1-49(2,3)67-48(59)51-25-16-26-55-33-35(53-54-55)17-10-8-6-7-9-11-19-39-27-37-20-14-21-38(63-37)28-40(60-4)29-41-30-42(31-43(64-41)32-46(57)65-39)66-45(56)23-13-12-18-36-34-62-44(52-36)22-15-24-50-47(58)61-5/h13,15,22-23,33-34,37-43,46,57H,6-12,14,16-21,24-32H2,1-5H3,(H,50,58)(H,51,59)/b22-15-,23-13-/t37-,38?,39+,40-,41?,42-,43+,46?/m1/s1. The number of nitrogens with zero attached hydrogens (tertiary/aromatic N) is 4. The lowest BCUT2D eigenvalue weighted by Gasteiger charge is -2.39. The van der Waals surface area contributed by atoms with E-state index in [1.165, 1.54) is 13.2 Å². The first-order valence-corrected chi connectivity index (χ1v) is 24.7. The number of allylic oxidation sites excluding steroid dienone is 1. The number of aliphatic hydroxyl groups excluding tert-OH is 1. The van der Waals surface area contributed by atoms with Gasteiger partial charge in [-0.3, -0.25) is 4.68 Å². The van der Waals surface area contributed by atoms with Crippen LogP contribution in [0.3, 0.4) is 0 Å². The Morgan fingerprint density at radius 3 is 2.31 bits per heavy atom. The lowest BCUT2D eigenvalue weighted by molar-refractivity contribution is -0.197. The van der Waals surface area contributed by atoms with Crippen LogP contribution in [-0.4, -0.2) is 125 Å². The number of esters is 1. The first-order chi connectivity index (χ1) is 32.3. The summed E-state index contributed by atoms with van der Waals surface area (Å²) < 4.78 is 48.7. The molecule has 0 aromatic carbocycles. The van der Waals surface area contributed by atoms with E-state index in [9.17, 15) is 19.5 Å². The monoisotopic (exact) mass is 943 g/mol. The Kier molecular flexibility index (Phi) is 23.1. The Bertz CT molecular complexity index is 1810. The molecule has 3 aliphatic rings. The summed E-state index contributed by atoms with van der Waals surface area (Å²) in [7, 11) is 3.04. The number of rotatable bonds is 22. The van der Waals surface area contributed by atoms with Crippen molar-refractivity contribution in [1.82, 2.24) is 30.6 Å². The van der Waals surface area contributed by atoms with Crippen LogP contribution in [0.5, 0.6) is 0 Å². The number of unbranched alkanes of at least 4 members (excludes halogenated alkanes) is 5. The van der Waals surface area contributed by atoms with Crippen molar-refractivity contribution >= 4 is 24.2 Å². The molecule has 18 nitrogen and oxygen atoms in total. The zero-order chi connectivity index (χ0) is 47.9. The Labute approximate surface area is 396 Å². The maximum atomic E-state index is 13.0. The van der Waals surface area contributed by atoms with Gasteiger partial charge in [-0.15, -0.1) is 5.10 Å². The molecule has 2 aromatic rings. The van der Waals surface area contributed by atoms with E-state index in [1.54, 1.807) is 31.6 Å². The third-order valence-electron chi connectivity index (χ3n) is 12.1. The number of aromatic nitrogens is 4. The zero-order valence-corrected chi connectivity index (χ0v) is 40.6. The number of hydrogen-bond acceptors (Lipinski definition) is 15. The molecule has 376 valence electrons. The Morgan fingerprint density at radius 1 is 0.821 bits per heavy atom. The molecule has 0 aliphatic carbocycles. The van der Waals surface area contributed by atoms with Crippen LogP contribution in [-0.2, 0) is 57.3 Å². The van der Waals surface area contributed by atoms with Gasteiger partial charge >= 0.3 is 18.2 Å². The summed E-state index contributed by atoms with van der Waals surface area (Å²) in [5.74, 6) is -0.00932. The predicted molar refractivity (Wildman–Crippen MR) is 249 cm³/mol. The van der Waals surface area contributed by atoms with Gasteiger partial charge in [-0.25, -0.2) is 19.4 Å². The normalized spacial score (nSPS) is 25.1. The minimum Gasteiger partial charge on any atom is -0.459 e. The van der Waals surface area contributed by atoms with Crippen LogP contribution < -0.4 is 10.6 Å². The summed E-state index contributed by atoms with van der Waals surface area (Å²) >= 11 is 0. The molecule has 0 spiro atoms. The van der Waals surface area contributed by atoms with Gasteiger partial charge in [-0.05, 0) is 104 Å². The van der Waals surface area contributed by atoms with Crippen molar-refractivity contribution in [2.45, 2.75) is 210 Å². The predicted octanol–water partition coefficient (Wildman–Crippen LogP) is 7.70. The van der Waals surface area contributed by atoms with Crippen molar-refractivity contribution in [2.75, 3.05) is 27.3 Å². The van der Waals surface area contributed by atoms with Gasteiger partial charge in [-0.2, -0.15) is 0 Å². The first kappa shape index (κ1) is 53.6. The van der Waals surface area contributed by atoms with E-state index in [2.05, 4.69) is 30.7 Å². The highest BCUT2D eigenvalue weighted by Gasteiger charge is 2.37. The fraction of sp³-hybridized carbons (Fsp3) is 0.755. The number of fused-ring (bicyclic) bond motifs is 4. The molecule has 5 heterocycles. The minimum absolute atomic E-state index is 0.0728. The molecule has 5 rings (SSSR count). The highest BCUT2D eigenvalue weighted by Crippen LogP contribution is 2.33. The van der Waals surface area contributed by atoms with E-state index in [0.717, 1.165) is 101 Å². The van der Waals surface area contributed by atoms with Gasteiger partial charge in [0.05, 0.1) is 55.1 Å². The van der Waals surface area contributed by atoms with Crippen LogP contribution >= 0.6 is 0 Å². The SMILES string of the molecule is COC(=O)NC/C=C\c1nc(CC/C=C\C(=O)O[C@@H]2CC3C[C@H](OC)CC4CCC[C@H](C[C@H](CCCCCCCCc5cn(CCCNC(=O)OC(C)(C)C)nn5)OC(O)C[C@H](C2)O3)O4)co1. The lowest BCUT2D eigenvalue weighted by Crippen LogP contribution is -2.43. The minimum atomic E-state index is -1.03. The van der Waals surface area contributed by atoms with E-state index in [-0.39, 0.29) is 55.7 Å². The number of hydrogen-bond donors (Lipinski definition) is 3. The van der Waals surface area contributed by atoms with E-state index in [1.807, 2.05) is 31.6 Å². The number of ether oxygens (including phenoxy) is 7. The Hall–Kier alpha value is -4.36. The topological polar surface area (TPSA) is 217 Å². The van der Waals surface area contributed by atoms with Crippen molar-refractivity contribution in [3.05, 3.63) is 48.0 Å². The molecule has 4 bridgehead atoms. The lowest BCUT2D eigenvalue weighted by atomic mass is 9.91. The Morgan fingerprint density at radius 2 is 1.54 bits per heavy atom. The fourth-order valence-corrected chi connectivity index (χ4v) is 8.90. The van der Waals surface area contributed by atoms with E-state index in [0.29, 0.717) is 51.1 Å². The van der Waals surface area contributed by atoms with Crippen LogP contribution in [0.15, 0.2) is 35.1 Å². The van der Waals surface area contributed by atoms with Gasteiger partial charge in [0.1, 0.15) is 18.0 Å². The van der Waals surface area contributed by atoms with Gasteiger partial charge in [-0.1, -0.05) is 49.5 Å². The zero-order valence-electron chi connectivity index (χ0n) is 40.6. The molecule has 3 fully saturated rings. The van der Waals surface area contributed by atoms with Gasteiger partial charge in [0, 0.05) is 58.3 Å². The van der Waals surface area contributed by atoms with E-state index < -0.39 is 30.0 Å². The molecule has 8 atom stereocenters. The van der Waals surface area contributed by atoms with Crippen LogP contribution in [0.4, 0.5) is 9.59 Å². The molecule has 2 aromatic heterocycles. The molecule has 3 aliphatic heterocycles. The summed E-state index contributed by atoms with van der Waals surface area (Å²) in [6, 6.07) is 0. The average molecular weight is 943 g/mol. The molecule has 3 saturated heterocycles. The summed E-state index contributed by atoms with van der Waals surface area (Å²) in [5, 5.41) is 25.3. The van der Waals surface area contributed by atoms with Crippen LogP contribution in [0.2, 0.25) is 0 Å². The van der Waals surface area contributed by atoms with Crippen LogP contribution in [0.25, 0.3) is 6.08 Å². The van der Waals surface area contributed by atoms with Gasteiger partial charge in [0.2, 0.25) is 5.89 Å². The summed E-state index contributed by atoms with van der Waals surface area (Å²) in [6.07, 6.45) is 23.7. The van der Waals surface area contributed by atoms with Crippen molar-refractivity contribution in [3.63, 3.8) is 0 Å². The van der Waals surface area contributed by atoms with Crippen molar-refractivity contribution in [3.8, 4) is 0 Å². The number of amides is 2. The molecule has 3 unspecified atom stereocenters. The summed E-state index contributed by atoms with van der Waals surface area (Å²) in [4.78, 5) is 40.5. The van der Waals surface area contributed by atoms with Gasteiger partial charge in [0.25, 0.3) is 0 Å². The highest BCUT2D eigenvalue weighted by molar-refractivity contribution is 5.82. The summed E-state index contributed by atoms with van der Waals surface area (Å²) in [6.45, 7) is 7.00. The maximum absolute atomic E-state index is 13.0. The number of aliphatic hydroxyl groups is 1. The number of nitrogens with one attached hydrogen (secondary N) is 2. The fourth-order valence-electron chi connectivity index (χ4n) is 8.90. The number of carbonyl (C=O) groups excluding carboxylic acids is 3. The molecule has 18 heteroatoms. The van der Waals surface area contributed by atoms with Crippen LogP contribution in [0.1, 0.15) is 154 Å². The first-order valence-electron chi connectivity index (χ1n) is 24.7. The van der Waals surface area contributed by atoms with Crippen molar-refractivity contribution in [1.29, 1.82) is 0 Å². The largest absolute Gasteiger partial charge is 0.459 e. The number of alkyl carbamates (subject to hydrolysis) is 2.